The third-order valence-corrected chi connectivity index (χ3v) is 3.27. The first-order valence-corrected chi connectivity index (χ1v) is 7.96. The SMILES string of the molecule is C=CC(=O)OC(OCC(F)(F)S(=O)(=O)O)(C(=O)NC(C)(C)C)C(F)(F)F. The number of carbonyl (C=O) groups is 2. The Labute approximate surface area is 145 Å². The Kier molecular flexibility index (Phi) is 6.93. The van der Waals surface area contributed by atoms with Gasteiger partial charge in [0.1, 0.15) is 6.61 Å². The van der Waals surface area contributed by atoms with Gasteiger partial charge in [-0.25, -0.2) is 4.79 Å². The highest BCUT2D eigenvalue weighted by Gasteiger charge is 2.68. The molecule has 0 aromatic rings. The second-order valence-corrected chi connectivity index (χ2v) is 7.39. The quantitative estimate of drug-likeness (QED) is 0.213. The van der Waals surface area contributed by atoms with Gasteiger partial charge in [0.2, 0.25) is 0 Å². The van der Waals surface area contributed by atoms with Gasteiger partial charge in [0.25, 0.3) is 0 Å². The maximum atomic E-state index is 13.4. The van der Waals surface area contributed by atoms with Gasteiger partial charge in [0.05, 0.1) is 0 Å². The van der Waals surface area contributed by atoms with Gasteiger partial charge < -0.3 is 14.8 Å². The molecule has 1 atom stereocenters. The Morgan fingerprint density at radius 3 is 1.92 bits per heavy atom. The molecule has 1 unspecified atom stereocenters. The van der Waals surface area contributed by atoms with E-state index in [1.54, 1.807) is 5.32 Å². The highest BCUT2D eigenvalue weighted by atomic mass is 32.2. The van der Waals surface area contributed by atoms with Crippen molar-refractivity contribution in [3.8, 4) is 0 Å². The summed E-state index contributed by atoms with van der Waals surface area (Å²) >= 11 is 0. The lowest BCUT2D eigenvalue weighted by Crippen LogP contribution is -2.64. The smallest absolute Gasteiger partial charge is 0.412 e. The number of ether oxygens (including phenoxy) is 2. The molecule has 0 bridgehead atoms. The predicted octanol–water partition coefficient (Wildman–Crippen LogP) is 1.39. The van der Waals surface area contributed by atoms with Crippen LogP contribution in [0.5, 0.6) is 0 Å². The molecule has 8 nitrogen and oxygen atoms in total. The largest absolute Gasteiger partial charge is 0.466 e. The summed E-state index contributed by atoms with van der Waals surface area (Å²) in [6.45, 7) is 3.80. The zero-order valence-electron chi connectivity index (χ0n) is 13.7. The van der Waals surface area contributed by atoms with Crippen LogP contribution in [0.3, 0.4) is 0 Å². The number of nitrogens with one attached hydrogen (secondary N) is 1. The summed E-state index contributed by atoms with van der Waals surface area (Å²) in [5.74, 6) is -8.71. The Morgan fingerprint density at radius 1 is 1.15 bits per heavy atom. The molecule has 0 aliphatic carbocycles. The van der Waals surface area contributed by atoms with Gasteiger partial charge in [-0.15, -0.1) is 0 Å². The monoisotopic (exact) mass is 413 g/mol. The van der Waals surface area contributed by atoms with Crippen LogP contribution in [0.2, 0.25) is 0 Å². The zero-order valence-corrected chi connectivity index (χ0v) is 14.5. The van der Waals surface area contributed by atoms with Crippen molar-refractivity contribution in [3.63, 3.8) is 0 Å². The molecule has 0 saturated heterocycles. The summed E-state index contributed by atoms with van der Waals surface area (Å²) < 4.78 is 104. The van der Waals surface area contributed by atoms with Crippen molar-refractivity contribution < 1.29 is 54.0 Å². The van der Waals surface area contributed by atoms with Crippen LogP contribution < -0.4 is 5.32 Å². The number of amides is 1. The Balaban J connectivity index is 6.16. The van der Waals surface area contributed by atoms with Crippen LogP contribution in [0.25, 0.3) is 0 Å². The first-order valence-electron chi connectivity index (χ1n) is 6.52. The third kappa shape index (κ3) is 5.88. The number of hydrogen-bond donors (Lipinski definition) is 2. The van der Waals surface area contributed by atoms with Crippen molar-refractivity contribution >= 4 is 22.0 Å². The van der Waals surface area contributed by atoms with E-state index in [4.69, 9.17) is 4.55 Å². The van der Waals surface area contributed by atoms with E-state index in [0.717, 1.165) is 0 Å². The molecule has 0 spiro atoms. The molecule has 0 aromatic carbocycles. The van der Waals surface area contributed by atoms with Crippen molar-refractivity contribution in [2.45, 2.75) is 43.5 Å². The van der Waals surface area contributed by atoms with Crippen LogP contribution in [0.15, 0.2) is 12.7 Å². The molecule has 0 aromatic heterocycles. The van der Waals surface area contributed by atoms with Crippen molar-refractivity contribution in [1.29, 1.82) is 0 Å². The fourth-order valence-corrected chi connectivity index (χ4v) is 1.48. The summed E-state index contributed by atoms with van der Waals surface area (Å²) in [6.07, 6.45) is -5.72. The van der Waals surface area contributed by atoms with Gasteiger partial charge in [-0.2, -0.15) is 30.4 Å². The summed E-state index contributed by atoms with van der Waals surface area (Å²) in [6, 6.07) is 0. The first kappa shape index (κ1) is 24.2. The molecule has 0 aliphatic heterocycles. The molecule has 26 heavy (non-hydrogen) atoms. The second-order valence-electron chi connectivity index (χ2n) is 5.84. The number of hydrogen-bond acceptors (Lipinski definition) is 6. The van der Waals surface area contributed by atoms with E-state index in [1.807, 2.05) is 0 Å². The lowest BCUT2D eigenvalue weighted by molar-refractivity contribution is -0.352. The lowest BCUT2D eigenvalue weighted by atomic mass is 10.1. The van der Waals surface area contributed by atoms with E-state index in [-0.39, 0.29) is 6.08 Å². The van der Waals surface area contributed by atoms with Crippen LogP contribution >= 0.6 is 0 Å². The van der Waals surface area contributed by atoms with E-state index >= 15 is 0 Å². The van der Waals surface area contributed by atoms with Gasteiger partial charge in [-0.1, -0.05) is 6.58 Å². The van der Waals surface area contributed by atoms with E-state index in [0.29, 0.717) is 0 Å². The minimum Gasteiger partial charge on any atom is -0.412 e. The van der Waals surface area contributed by atoms with Crippen molar-refractivity contribution in [2.24, 2.45) is 0 Å². The molecule has 0 aliphatic rings. The molecule has 0 saturated carbocycles. The molecule has 14 heteroatoms. The van der Waals surface area contributed by atoms with Crippen molar-refractivity contribution in [3.05, 3.63) is 12.7 Å². The van der Waals surface area contributed by atoms with Gasteiger partial charge in [-0.05, 0) is 20.8 Å². The van der Waals surface area contributed by atoms with Gasteiger partial charge in [0.15, 0.2) is 0 Å². The molecule has 0 rings (SSSR count). The average molecular weight is 413 g/mol. The van der Waals surface area contributed by atoms with E-state index in [1.165, 1.54) is 20.8 Å². The van der Waals surface area contributed by atoms with Gasteiger partial charge in [0, 0.05) is 11.6 Å². The normalized spacial score (nSPS) is 15.7. The van der Waals surface area contributed by atoms with Crippen molar-refractivity contribution in [2.75, 3.05) is 6.61 Å². The zero-order chi connectivity index (χ0) is 21.2. The van der Waals surface area contributed by atoms with E-state index in [9.17, 15) is 40.0 Å². The Bertz CT molecular complexity index is 668. The Hall–Kier alpha value is -1.80. The average Bonchev–Trinajstić information content (AvgIpc) is 2.38. The predicted molar refractivity (Wildman–Crippen MR) is 75.4 cm³/mol. The molecule has 152 valence electrons. The van der Waals surface area contributed by atoms with Crippen molar-refractivity contribution in [1.82, 2.24) is 5.32 Å². The summed E-state index contributed by atoms with van der Waals surface area (Å²) in [7, 11) is -6.18. The van der Waals surface area contributed by atoms with Crippen LogP contribution in [0, 0.1) is 0 Å². The number of alkyl halides is 5. The standard InChI is InChI=1S/C12H16F5NO7S/c1-5-7(19)25-11(12(15,16)17,8(20)18-9(2,3)4)24-6-10(13,14)26(21,22)23/h5H,1,6H2,2-4H3,(H,18,20)(H,21,22,23). The summed E-state index contributed by atoms with van der Waals surface area (Å²) in [5, 5.41) is -3.51. The molecule has 2 N–H and O–H groups in total. The molecule has 0 heterocycles. The minimum absolute atomic E-state index is 0.190. The molecule has 0 fully saturated rings. The first-order chi connectivity index (χ1) is 11.3. The highest BCUT2D eigenvalue weighted by molar-refractivity contribution is 7.86. The van der Waals surface area contributed by atoms with Crippen LogP contribution in [-0.4, -0.2) is 54.2 Å². The lowest BCUT2D eigenvalue weighted by Gasteiger charge is -2.35. The Morgan fingerprint density at radius 2 is 1.62 bits per heavy atom. The summed E-state index contributed by atoms with van der Waals surface area (Å²) in [4.78, 5) is 23.2. The fraction of sp³-hybridized carbons (Fsp3) is 0.667. The summed E-state index contributed by atoms with van der Waals surface area (Å²) in [5.41, 5.74) is -1.36. The molecule has 1 amide bonds. The van der Waals surface area contributed by atoms with E-state index < -0.39 is 51.4 Å². The number of esters is 1. The molecular formula is C12H16F5NO7S. The molecular weight excluding hydrogens is 397 g/mol. The second kappa shape index (κ2) is 7.44. The highest BCUT2D eigenvalue weighted by Crippen LogP contribution is 2.38. The maximum Gasteiger partial charge on any atom is 0.466 e. The molecule has 0 radical (unpaired) electrons. The fourth-order valence-electron chi connectivity index (χ4n) is 1.28. The third-order valence-electron chi connectivity index (χ3n) is 2.39. The van der Waals surface area contributed by atoms with Gasteiger partial charge in [-0.3, -0.25) is 9.35 Å². The number of rotatable bonds is 7. The number of halogens is 5. The van der Waals surface area contributed by atoms with Crippen LogP contribution in [-0.2, 0) is 29.2 Å². The van der Waals surface area contributed by atoms with E-state index in [2.05, 4.69) is 16.1 Å². The minimum atomic E-state index is -6.18. The maximum absolute atomic E-state index is 13.4. The number of carbonyl (C=O) groups excluding carboxylic acids is 2. The topological polar surface area (TPSA) is 119 Å². The van der Waals surface area contributed by atoms with Gasteiger partial charge >= 0.3 is 39.2 Å². The van der Waals surface area contributed by atoms with Crippen LogP contribution in [0.1, 0.15) is 20.8 Å². The van der Waals surface area contributed by atoms with Crippen LogP contribution in [0.4, 0.5) is 22.0 Å².